The SMILES string of the molecule is CC(C)(C)OC(=O)N1CC(n2cc(-c3cnc(CCCc4ccccc4)c(=O)n3CC(=O)CCc3cc4cnccc4[nH]3)cn2)C1. The Labute approximate surface area is 267 Å². The van der Waals surface area contributed by atoms with E-state index < -0.39 is 5.60 Å². The maximum atomic E-state index is 13.8. The van der Waals surface area contributed by atoms with Crippen LogP contribution in [0.4, 0.5) is 4.79 Å². The highest BCUT2D eigenvalue weighted by Gasteiger charge is 2.35. The lowest BCUT2D eigenvalue weighted by atomic mass is 10.1. The molecule has 0 saturated carbocycles. The zero-order valence-corrected chi connectivity index (χ0v) is 26.5. The summed E-state index contributed by atoms with van der Waals surface area (Å²) in [6, 6.07) is 14.0. The normalized spacial score (nSPS) is 13.6. The standard InChI is InChI=1S/C35H39N7O4/c1-35(2,3)46-34(45)40-21-28(22-40)42-20-26(18-38-42)32-19-37-31(11-7-10-24-8-5-4-6-9-24)33(44)41(32)23-29(43)13-12-27-16-25-17-36-15-14-30(25)39-27/h4-6,8-9,14-20,28,39H,7,10-13,21-23H2,1-3H3. The molecule has 1 fully saturated rings. The molecule has 6 rings (SSSR count). The monoisotopic (exact) mass is 621 g/mol. The Morgan fingerprint density at radius 1 is 1.02 bits per heavy atom. The number of carbonyl (C=O) groups excluding carboxylic acids is 2. The van der Waals surface area contributed by atoms with E-state index in [9.17, 15) is 14.4 Å². The smallest absolute Gasteiger partial charge is 0.410 e. The largest absolute Gasteiger partial charge is 0.444 e. The Kier molecular flexibility index (Phi) is 8.83. The molecule has 1 amide bonds. The van der Waals surface area contributed by atoms with Gasteiger partial charge in [0.2, 0.25) is 0 Å². The van der Waals surface area contributed by atoms with Crippen molar-refractivity contribution in [1.82, 2.24) is 34.2 Å². The molecule has 0 spiro atoms. The number of fused-ring (bicyclic) bond motifs is 1. The first-order valence-corrected chi connectivity index (χ1v) is 15.7. The lowest BCUT2D eigenvalue weighted by Gasteiger charge is -2.39. The van der Waals surface area contributed by atoms with Crippen LogP contribution in [0.15, 0.2) is 78.2 Å². The number of ether oxygens (including phenoxy) is 1. The summed E-state index contributed by atoms with van der Waals surface area (Å²) in [5, 5.41) is 5.53. The van der Waals surface area contributed by atoms with Crippen molar-refractivity contribution in [2.24, 2.45) is 0 Å². The van der Waals surface area contributed by atoms with Gasteiger partial charge in [0.1, 0.15) is 11.3 Å². The number of nitrogens with zero attached hydrogens (tertiary/aromatic N) is 6. The van der Waals surface area contributed by atoms with E-state index in [1.54, 1.807) is 34.4 Å². The number of aromatic nitrogens is 6. The lowest BCUT2D eigenvalue weighted by Crippen LogP contribution is -2.52. The van der Waals surface area contributed by atoms with Gasteiger partial charge in [-0.2, -0.15) is 5.10 Å². The number of rotatable bonds is 11. The third kappa shape index (κ3) is 7.25. The average molecular weight is 622 g/mol. The fourth-order valence-corrected chi connectivity index (χ4v) is 5.66. The van der Waals surface area contributed by atoms with E-state index in [1.807, 2.05) is 57.3 Å². The number of likely N-dealkylation sites (tertiary alicyclic amines) is 1. The number of carbonyl (C=O) groups is 2. The predicted octanol–water partition coefficient (Wildman–Crippen LogP) is 5.15. The number of amides is 1. The summed E-state index contributed by atoms with van der Waals surface area (Å²) >= 11 is 0. The maximum Gasteiger partial charge on any atom is 0.410 e. The molecule has 11 nitrogen and oxygen atoms in total. The van der Waals surface area contributed by atoms with Crippen LogP contribution in [0.25, 0.3) is 22.2 Å². The minimum Gasteiger partial charge on any atom is -0.444 e. The van der Waals surface area contributed by atoms with Gasteiger partial charge < -0.3 is 14.6 Å². The van der Waals surface area contributed by atoms with Gasteiger partial charge in [-0.1, -0.05) is 30.3 Å². The Morgan fingerprint density at radius 3 is 2.59 bits per heavy atom. The number of pyridine rings is 1. The van der Waals surface area contributed by atoms with E-state index >= 15 is 0 Å². The molecule has 1 saturated heterocycles. The third-order valence-corrected chi connectivity index (χ3v) is 8.12. The number of aromatic amines is 1. The predicted molar refractivity (Wildman–Crippen MR) is 174 cm³/mol. The van der Waals surface area contributed by atoms with Crippen LogP contribution in [0.3, 0.4) is 0 Å². The number of hydrogen-bond acceptors (Lipinski definition) is 7. The van der Waals surface area contributed by atoms with Crippen LogP contribution in [-0.4, -0.2) is 64.8 Å². The van der Waals surface area contributed by atoms with Crippen LogP contribution in [0.2, 0.25) is 0 Å². The number of aryl methyl sites for hydroxylation is 3. The number of nitrogens with one attached hydrogen (secondary N) is 1. The molecule has 1 aliphatic rings. The molecule has 5 aromatic rings. The van der Waals surface area contributed by atoms with Crippen LogP contribution in [-0.2, 0) is 35.3 Å². The Bertz CT molecular complexity index is 1860. The summed E-state index contributed by atoms with van der Waals surface area (Å²) in [5.74, 6) is -0.0547. The van der Waals surface area contributed by atoms with Gasteiger partial charge in [0.15, 0.2) is 5.78 Å². The highest BCUT2D eigenvalue weighted by molar-refractivity contribution is 5.81. The first-order chi connectivity index (χ1) is 22.1. The number of H-pyrrole nitrogens is 1. The molecule has 46 heavy (non-hydrogen) atoms. The summed E-state index contributed by atoms with van der Waals surface area (Å²) in [7, 11) is 0. The number of Topliss-reactive ketones (excluding diaryl/α,β-unsaturated/α-hetero) is 1. The van der Waals surface area contributed by atoms with E-state index in [-0.39, 0.29) is 36.4 Å². The number of benzene rings is 1. The molecule has 1 aliphatic heterocycles. The first-order valence-electron chi connectivity index (χ1n) is 15.7. The molecule has 0 atom stereocenters. The highest BCUT2D eigenvalue weighted by Crippen LogP contribution is 2.26. The summed E-state index contributed by atoms with van der Waals surface area (Å²) in [6.45, 7) is 6.41. The zero-order chi connectivity index (χ0) is 32.3. The molecule has 0 aliphatic carbocycles. The minimum atomic E-state index is -0.560. The third-order valence-electron chi connectivity index (χ3n) is 8.12. The van der Waals surface area contributed by atoms with Gasteiger partial charge in [0, 0.05) is 60.3 Å². The van der Waals surface area contributed by atoms with Crippen molar-refractivity contribution in [2.75, 3.05) is 13.1 Å². The molecule has 4 aromatic heterocycles. The maximum absolute atomic E-state index is 13.8. The van der Waals surface area contributed by atoms with Crippen molar-refractivity contribution in [3.63, 3.8) is 0 Å². The van der Waals surface area contributed by atoms with Crippen molar-refractivity contribution in [3.05, 3.63) is 101 Å². The average Bonchev–Trinajstić information content (AvgIpc) is 3.64. The molecule has 0 bridgehead atoms. The molecule has 238 valence electrons. The van der Waals surface area contributed by atoms with Gasteiger partial charge >= 0.3 is 6.09 Å². The molecule has 0 radical (unpaired) electrons. The first kappa shape index (κ1) is 30.9. The van der Waals surface area contributed by atoms with E-state index in [4.69, 9.17) is 4.74 Å². The van der Waals surface area contributed by atoms with Crippen LogP contribution in [0.5, 0.6) is 0 Å². The molecule has 0 unspecified atom stereocenters. The van der Waals surface area contributed by atoms with Gasteiger partial charge in [0.25, 0.3) is 5.56 Å². The van der Waals surface area contributed by atoms with E-state index in [0.717, 1.165) is 29.4 Å². The van der Waals surface area contributed by atoms with Crippen molar-refractivity contribution < 1.29 is 14.3 Å². The van der Waals surface area contributed by atoms with E-state index in [0.29, 0.717) is 42.9 Å². The van der Waals surface area contributed by atoms with Gasteiger partial charge in [-0.25, -0.2) is 4.79 Å². The fourth-order valence-electron chi connectivity index (χ4n) is 5.66. The Hall–Kier alpha value is -5.06. The quantitative estimate of drug-likeness (QED) is 0.216. The second-order valence-corrected chi connectivity index (χ2v) is 12.9. The number of ketones is 1. The number of hydrogen-bond donors (Lipinski definition) is 1. The Morgan fingerprint density at radius 2 is 1.83 bits per heavy atom. The van der Waals surface area contributed by atoms with E-state index in [2.05, 4.69) is 32.2 Å². The van der Waals surface area contributed by atoms with Crippen LogP contribution >= 0.6 is 0 Å². The molecular weight excluding hydrogens is 582 g/mol. The van der Waals surface area contributed by atoms with Crippen molar-refractivity contribution in [1.29, 1.82) is 0 Å². The Balaban J connectivity index is 1.18. The topological polar surface area (TPSA) is 128 Å². The summed E-state index contributed by atoms with van der Waals surface area (Å²) in [5.41, 5.74) is 3.97. The molecule has 1 aromatic carbocycles. The van der Waals surface area contributed by atoms with Gasteiger partial charge in [0.05, 0.1) is 30.7 Å². The molecular formula is C35H39N7O4. The van der Waals surface area contributed by atoms with E-state index in [1.165, 1.54) is 10.1 Å². The van der Waals surface area contributed by atoms with Crippen LogP contribution in [0.1, 0.15) is 56.6 Å². The van der Waals surface area contributed by atoms with Crippen molar-refractivity contribution in [2.45, 2.75) is 71.1 Å². The van der Waals surface area contributed by atoms with Crippen molar-refractivity contribution in [3.8, 4) is 11.3 Å². The zero-order valence-electron chi connectivity index (χ0n) is 26.5. The highest BCUT2D eigenvalue weighted by atomic mass is 16.6. The van der Waals surface area contributed by atoms with Crippen LogP contribution < -0.4 is 5.56 Å². The lowest BCUT2D eigenvalue weighted by molar-refractivity contribution is -0.119. The summed E-state index contributed by atoms with van der Waals surface area (Å²) < 4.78 is 8.80. The van der Waals surface area contributed by atoms with Crippen molar-refractivity contribution >= 4 is 22.8 Å². The second-order valence-electron chi connectivity index (χ2n) is 12.9. The minimum absolute atomic E-state index is 0.0141. The molecule has 1 N–H and O–H groups in total. The van der Waals surface area contributed by atoms with Gasteiger partial charge in [-0.3, -0.25) is 28.8 Å². The van der Waals surface area contributed by atoms with Gasteiger partial charge in [-0.15, -0.1) is 0 Å². The fraction of sp³-hybridized carbons (Fsp3) is 0.371. The summed E-state index contributed by atoms with van der Waals surface area (Å²) in [4.78, 5) is 53.3. The second kappa shape index (κ2) is 13.1. The van der Waals surface area contributed by atoms with Gasteiger partial charge in [-0.05, 0) is 64.2 Å². The molecule has 11 heteroatoms. The summed E-state index contributed by atoms with van der Waals surface area (Å²) in [6.07, 6.45) is 11.3. The van der Waals surface area contributed by atoms with Crippen LogP contribution in [0, 0.1) is 0 Å². The molecule has 5 heterocycles.